The number of hydrogen-bond acceptors (Lipinski definition) is 6. The number of amides is 2. The summed E-state index contributed by atoms with van der Waals surface area (Å²) in [6, 6.07) is -0.236. The predicted octanol–water partition coefficient (Wildman–Crippen LogP) is 3.25. The molecule has 11 nitrogen and oxygen atoms in total. The third-order valence-corrected chi connectivity index (χ3v) is 10.4. The first-order chi connectivity index (χ1) is 21.4. The van der Waals surface area contributed by atoms with Crippen LogP contribution in [0.3, 0.4) is 0 Å². The summed E-state index contributed by atoms with van der Waals surface area (Å²) in [5.74, 6) is -0.931. The molecule has 2 amide bonds. The molecule has 4 atom stereocenters. The van der Waals surface area contributed by atoms with Crippen LogP contribution in [0.15, 0.2) is 29.1 Å². The highest BCUT2D eigenvalue weighted by atomic mass is 32.2. The molecule has 3 aliphatic rings. The first-order valence-corrected chi connectivity index (χ1v) is 16.3. The van der Waals surface area contributed by atoms with Crippen LogP contribution in [0.25, 0.3) is 6.08 Å². The SMILES string of the molecule is CC1=C(/C=C/N)C(=O)N[C@@H]1Cc1[nH]c(Cc2[nH]c(/C=C3\NC(=O)[C@H](C)[C@H]3[C@H]3CS3)c(C)c2CCC(=O)O)c(CCC(=O)O)c1C. The van der Waals surface area contributed by atoms with E-state index in [1.165, 1.54) is 6.20 Å². The summed E-state index contributed by atoms with van der Waals surface area (Å²) in [6.45, 7) is 7.78. The highest BCUT2D eigenvalue weighted by molar-refractivity contribution is 8.06. The van der Waals surface area contributed by atoms with Crippen LogP contribution in [0.4, 0.5) is 0 Å². The molecule has 0 bridgehead atoms. The first-order valence-electron chi connectivity index (χ1n) is 15.3. The molecule has 5 rings (SSSR count). The molecule has 0 radical (unpaired) electrons. The lowest BCUT2D eigenvalue weighted by Gasteiger charge is -2.12. The van der Waals surface area contributed by atoms with Gasteiger partial charge in [-0.1, -0.05) is 6.92 Å². The van der Waals surface area contributed by atoms with Gasteiger partial charge in [0.25, 0.3) is 5.91 Å². The van der Waals surface area contributed by atoms with Gasteiger partial charge in [0, 0.05) is 82.6 Å². The summed E-state index contributed by atoms with van der Waals surface area (Å²) in [5.41, 5.74) is 15.0. The molecule has 240 valence electrons. The topological polar surface area (TPSA) is 190 Å². The van der Waals surface area contributed by atoms with Crippen molar-refractivity contribution in [2.45, 2.75) is 77.5 Å². The lowest BCUT2D eigenvalue weighted by molar-refractivity contribution is -0.138. The minimum absolute atomic E-state index is 0.0152. The van der Waals surface area contributed by atoms with Crippen LogP contribution < -0.4 is 16.4 Å². The number of aliphatic carboxylic acids is 2. The van der Waals surface area contributed by atoms with Crippen LogP contribution in [0, 0.1) is 25.7 Å². The van der Waals surface area contributed by atoms with E-state index in [9.17, 15) is 29.4 Å². The number of carboxylic acid groups (broad SMARTS) is 2. The Morgan fingerprint density at radius 3 is 2.20 bits per heavy atom. The Balaban J connectivity index is 1.51. The van der Waals surface area contributed by atoms with E-state index < -0.39 is 11.9 Å². The van der Waals surface area contributed by atoms with Crippen LogP contribution in [-0.4, -0.2) is 61.0 Å². The molecule has 2 aromatic rings. The molecule has 5 heterocycles. The second-order valence-electron chi connectivity index (χ2n) is 12.2. The number of rotatable bonds is 13. The lowest BCUT2D eigenvalue weighted by atomic mass is 9.91. The maximum Gasteiger partial charge on any atom is 0.303 e. The van der Waals surface area contributed by atoms with E-state index in [2.05, 4.69) is 20.6 Å². The van der Waals surface area contributed by atoms with Gasteiger partial charge in [-0.3, -0.25) is 19.2 Å². The molecule has 45 heavy (non-hydrogen) atoms. The number of carbonyl (C=O) groups is 4. The quantitative estimate of drug-likeness (QED) is 0.163. The second-order valence-corrected chi connectivity index (χ2v) is 13.5. The molecular formula is C33H41N5O6S. The average molecular weight is 636 g/mol. The number of aromatic amines is 2. The van der Waals surface area contributed by atoms with Gasteiger partial charge < -0.3 is 36.5 Å². The van der Waals surface area contributed by atoms with Gasteiger partial charge in [-0.05, 0) is 79.8 Å². The smallest absolute Gasteiger partial charge is 0.303 e. The summed E-state index contributed by atoms with van der Waals surface area (Å²) >= 11 is 1.85. The normalized spacial score (nSPS) is 23.8. The number of aromatic nitrogens is 2. The minimum atomic E-state index is -0.897. The number of carboxylic acids is 2. The van der Waals surface area contributed by atoms with Crippen LogP contribution in [0.1, 0.15) is 71.7 Å². The van der Waals surface area contributed by atoms with Gasteiger partial charge in [-0.2, -0.15) is 11.8 Å². The third-order valence-electron chi connectivity index (χ3n) is 9.42. The number of nitrogens with one attached hydrogen (secondary N) is 4. The van der Waals surface area contributed by atoms with E-state index in [0.717, 1.165) is 62.1 Å². The van der Waals surface area contributed by atoms with Crippen molar-refractivity contribution in [1.29, 1.82) is 0 Å². The van der Waals surface area contributed by atoms with Gasteiger partial charge in [-0.15, -0.1) is 0 Å². The Labute approximate surface area is 266 Å². The highest BCUT2D eigenvalue weighted by Crippen LogP contribution is 2.46. The van der Waals surface area contributed by atoms with Crippen LogP contribution in [-0.2, 0) is 44.9 Å². The molecule has 8 N–H and O–H groups in total. The van der Waals surface area contributed by atoms with Crippen molar-refractivity contribution in [3.05, 3.63) is 74.1 Å². The van der Waals surface area contributed by atoms with Gasteiger partial charge in [-0.25, -0.2) is 0 Å². The Hall–Kier alpha value is -4.19. The number of nitrogens with two attached hydrogens (primary N) is 1. The Morgan fingerprint density at radius 1 is 0.978 bits per heavy atom. The average Bonchev–Trinajstić information content (AvgIpc) is 3.56. The highest BCUT2D eigenvalue weighted by Gasteiger charge is 2.45. The molecule has 0 unspecified atom stereocenters. The molecule has 2 aromatic heterocycles. The maximum absolute atomic E-state index is 12.6. The molecule has 0 aliphatic carbocycles. The summed E-state index contributed by atoms with van der Waals surface area (Å²) in [5, 5.41) is 25.5. The van der Waals surface area contributed by atoms with Gasteiger partial charge in [0.1, 0.15) is 0 Å². The number of hydrogen-bond donors (Lipinski definition) is 7. The van der Waals surface area contributed by atoms with Crippen molar-refractivity contribution >= 4 is 41.6 Å². The zero-order valence-corrected chi connectivity index (χ0v) is 26.8. The zero-order chi connectivity index (χ0) is 32.6. The van der Waals surface area contributed by atoms with Gasteiger partial charge >= 0.3 is 11.9 Å². The first kappa shape index (κ1) is 32.2. The van der Waals surface area contributed by atoms with E-state index in [4.69, 9.17) is 5.73 Å². The lowest BCUT2D eigenvalue weighted by Crippen LogP contribution is -2.30. The standard InChI is InChI=1S/C33H41N5O6S/c1-15-19(5-7-29(39)40)25(35-22(15)11-24-17(3)21(9-10-34)33(44)37-24)13-26-20(6-8-30(41)42)16(2)23(36-26)12-27-31(28-14-45-28)18(4)32(43)38-27/h9-10,12,18,24,28,31,35-36H,5-8,11,13-14,34H2,1-4H3,(H,37,44)(H,38,43)(H,39,40)(H,41,42)/b10-9+,27-12-/t18-,24-,28-,31-/m1/s1. The Kier molecular flexibility index (Phi) is 9.33. The van der Waals surface area contributed by atoms with Gasteiger partial charge in [0.05, 0.1) is 6.04 Å². The molecule has 0 aromatic carbocycles. The van der Waals surface area contributed by atoms with Crippen molar-refractivity contribution in [2.24, 2.45) is 17.6 Å². The monoisotopic (exact) mass is 635 g/mol. The van der Waals surface area contributed by atoms with Crippen molar-refractivity contribution in [1.82, 2.24) is 20.6 Å². The molecule has 3 aliphatic heterocycles. The van der Waals surface area contributed by atoms with E-state index in [1.807, 2.05) is 45.5 Å². The van der Waals surface area contributed by atoms with Gasteiger partial charge in [0.2, 0.25) is 5.91 Å². The van der Waals surface area contributed by atoms with Crippen LogP contribution in [0.2, 0.25) is 0 Å². The Morgan fingerprint density at radius 2 is 1.60 bits per heavy atom. The maximum atomic E-state index is 12.6. The second kappa shape index (κ2) is 13.0. The molecule has 0 saturated carbocycles. The van der Waals surface area contributed by atoms with Crippen molar-refractivity contribution < 1.29 is 29.4 Å². The summed E-state index contributed by atoms with van der Waals surface area (Å²) in [7, 11) is 0. The molecule has 2 saturated heterocycles. The fourth-order valence-electron chi connectivity index (χ4n) is 6.72. The van der Waals surface area contributed by atoms with Gasteiger partial charge in [0.15, 0.2) is 0 Å². The summed E-state index contributed by atoms with van der Waals surface area (Å²) < 4.78 is 0. The Bertz CT molecular complexity index is 1640. The number of H-pyrrole nitrogens is 2. The molecule has 12 heteroatoms. The van der Waals surface area contributed by atoms with E-state index in [0.29, 0.717) is 36.5 Å². The number of thioether (sulfide) groups is 1. The molecule has 2 fully saturated rings. The van der Waals surface area contributed by atoms with Crippen molar-refractivity contribution in [2.75, 3.05) is 5.75 Å². The number of carbonyl (C=O) groups excluding carboxylic acids is 2. The largest absolute Gasteiger partial charge is 0.481 e. The van der Waals surface area contributed by atoms with Crippen molar-refractivity contribution in [3.63, 3.8) is 0 Å². The van der Waals surface area contributed by atoms with E-state index >= 15 is 0 Å². The van der Waals surface area contributed by atoms with Crippen LogP contribution in [0.5, 0.6) is 0 Å². The zero-order valence-electron chi connectivity index (χ0n) is 26.0. The van der Waals surface area contributed by atoms with E-state index in [1.54, 1.807) is 6.08 Å². The molecular weight excluding hydrogens is 594 g/mol. The summed E-state index contributed by atoms with van der Waals surface area (Å²) in [6.07, 6.45) is 6.42. The fourth-order valence-corrected chi connectivity index (χ4v) is 7.62. The number of allylic oxidation sites excluding steroid dienone is 1. The minimum Gasteiger partial charge on any atom is -0.481 e. The third kappa shape index (κ3) is 6.75. The molecule has 0 spiro atoms. The van der Waals surface area contributed by atoms with E-state index in [-0.39, 0.29) is 42.5 Å². The van der Waals surface area contributed by atoms with Crippen molar-refractivity contribution in [3.8, 4) is 0 Å². The summed E-state index contributed by atoms with van der Waals surface area (Å²) in [4.78, 5) is 55.3. The fraction of sp³-hybridized carbons (Fsp3) is 0.455. The van der Waals surface area contributed by atoms with Crippen LogP contribution >= 0.6 is 11.8 Å². The predicted molar refractivity (Wildman–Crippen MR) is 172 cm³/mol.